The molecule has 0 saturated heterocycles. The molecule has 196 valence electrons. The molecule has 0 aromatic heterocycles. The largest absolute Gasteiger partial charge is 0.357 e. The highest BCUT2D eigenvalue weighted by molar-refractivity contribution is 7.99. The molecule has 4 aromatic rings. The maximum absolute atomic E-state index is 5.20. The predicted octanol–water partition coefficient (Wildman–Crippen LogP) is 6.44. The summed E-state index contributed by atoms with van der Waals surface area (Å²) in [5.41, 5.74) is 5.06. The first kappa shape index (κ1) is 25.4. The molecule has 0 bridgehead atoms. The zero-order chi connectivity index (χ0) is 26.6. The molecule has 0 fully saturated rings. The molecular formula is C34H34N4S. The molecule has 5 heteroatoms. The fraction of sp³-hybridized carbons (Fsp3) is 0.235. The molecule has 0 radical (unpaired) electrons. The van der Waals surface area contributed by atoms with Crippen LogP contribution < -0.4 is 0 Å². The number of aliphatic imine (C=N–C) groups is 2. The van der Waals surface area contributed by atoms with Crippen molar-refractivity contribution in [3.8, 4) is 0 Å². The molecule has 2 atom stereocenters. The lowest BCUT2D eigenvalue weighted by Crippen LogP contribution is -2.26. The van der Waals surface area contributed by atoms with Gasteiger partial charge in [0.1, 0.15) is 11.7 Å². The molecule has 0 saturated carbocycles. The molecule has 2 aliphatic heterocycles. The van der Waals surface area contributed by atoms with Gasteiger partial charge in [0.15, 0.2) is 0 Å². The van der Waals surface area contributed by atoms with Crippen molar-refractivity contribution in [1.29, 1.82) is 0 Å². The van der Waals surface area contributed by atoms with Gasteiger partial charge in [0.25, 0.3) is 0 Å². The standard InChI is InChI=1S/C34H34N4S/c1-37-23-27(21-25-13-5-3-6-14-25)35-33(37)29-17-9-11-19-31(29)39-32-20-12-10-18-30(32)34-36-28(24-38(34)2)22-26-15-7-4-8-16-26/h3-20,27-28H,21-24H2,1-2H3/t27-,28-/m0/s1. The van der Waals surface area contributed by atoms with Crippen molar-refractivity contribution in [3.05, 3.63) is 131 Å². The first-order chi connectivity index (χ1) is 19.1. The highest BCUT2D eigenvalue weighted by atomic mass is 32.2. The summed E-state index contributed by atoms with van der Waals surface area (Å²) in [4.78, 5) is 17.4. The third-order valence-electron chi connectivity index (χ3n) is 7.41. The van der Waals surface area contributed by atoms with Crippen LogP contribution in [0.5, 0.6) is 0 Å². The van der Waals surface area contributed by atoms with E-state index in [0.29, 0.717) is 0 Å². The topological polar surface area (TPSA) is 31.2 Å². The van der Waals surface area contributed by atoms with Gasteiger partial charge in [-0.1, -0.05) is 109 Å². The number of rotatable bonds is 8. The SMILES string of the molecule is CN1C[C@H](Cc2ccccc2)N=C1c1ccccc1Sc1ccccc1C1=N[C@@H](Cc2ccccc2)CN1C. The lowest BCUT2D eigenvalue weighted by Gasteiger charge is -2.19. The Morgan fingerprint density at radius 3 is 1.38 bits per heavy atom. The van der Waals surface area contributed by atoms with E-state index >= 15 is 0 Å². The molecule has 0 unspecified atom stereocenters. The molecule has 2 heterocycles. The first-order valence-electron chi connectivity index (χ1n) is 13.7. The van der Waals surface area contributed by atoms with Crippen LogP contribution in [0.4, 0.5) is 0 Å². The molecule has 0 spiro atoms. The summed E-state index contributed by atoms with van der Waals surface area (Å²) in [6.45, 7) is 1.87. The Balaban J connectivity index is 1.26. The average Bonchev–Trinajstić information content (AvgIpc) is 3.51. The molecule has 4 nitrogen and oxygen atoms in total. The van der Waals surface area contributed by atoms with Crippen molar-refractivity contribution < 1.29 is 0 Å². The van der Waals surface area contributed by atoms with E-state index in [4.69, 9.17) is 9.98 Å². The second kappa shape index (κ2) is 11.5. The van der Waals surface area contributed by atoms with Crippen LogP contribution in [0.2, 0.25) is 0 Å². The van der Waals surface area contributed by atoms with Gasteiger partial charge >= 0.3 is 0 Å². The van der Waals surface area contributed by atoms with Gasteiger partial charge in [-0.05, 0) is 36.1 Å². The molecule has 0 N–H and O–H groups in total. The van der Waals surface area contributed by atoms with Crippen molar-refractivity contribution >= 4 is 23.4 Å². The molecular weight excluding hydrogens is 496 g/mol. The van der Waals surface area contributed by atoms with Gasteiger partial charge in [-0.25, -0.2) is 0 Å². The average molecular weight is 531 g/mol. The van der Waals surface area contributed by atoms with E-state index in [9.17, 15) is 0 Å². The quantitative estimate of drug-likeness (QED) is 0.263. The van der Waals surface area contributed by atoms with Crippen molar-refractivity contribution in [3.63, 3.8) is 0 Å². The van der Waals surface area contributed by atoms with E-state index in [-0.39, 0.29) is 12.1 Å². The maximum atomic E-state index is 5.20. The van der Waals surface area contributed by atoms with Crippen LogP contribution >= 0.6 is 11.8 Å². The number of hydrogen-bond acceptors (Lipinski definition) is 5. The zero-order valence-corrected chi connectivity index (χ0v) is 23.4. The summed E-state index contributed by atoms with van der Waals surface area (Å²) >= 11 is 1.81. The van der Waals surface area contributed by atoms with Crippen molar-refractivity contribution in [2.75, 3.05) is 27.2 Å². The Morgan fingerprint density at radius 1 is 0.564 bits per heavy atom. The minimum Gasteiger partial charge on any atom is -0.357 e. The number of hydrogen-bond donors (Lipinski definition) is 0. The van der Waals surface area contributed by atoms with Crippen molar-refractivity contribution in [2.24, 2.45) is 9.98 Å². The number of amidine groups is 2. The Morgan fingerprint density at radius 2 is 0.949 bits per heavy atom. The lowest BCUT2D eigenvalue weighted by molar-refractivity contribution is 0.496. The Labute approximate surface area is 236 Å². The fourth-order valence-corrected chi connectivity index (χ4v) is 6.64. The fourth-order valence-electron chi connectivity index (χ4n) is 5.57. The monoisotopic (exact) mass is 530 g/mol. The van der Waals surface area contributed by atoms with Crippen molar-refractivity contribution in [2.45, 2.75) is 34.7 Å². The molecule has 6 rings (SSSR count). The second-order valence-electron chi connectivity index (χ2n) is 10.4. The van der Waals surface area contributed by atoms with Gasteiger partial charge in [-0.2, -0.15) is 0 Å². The smallest absolute Gasteiger partial charge is 0.132 e. The van der Waals surface area contributed by atoms with Gasteiger partial charge in [0, 0.05) is 48.1 Å². The number of benzene rings is 4. The van der Waals surface area contributed by atoms with Crippen LogP contribution in [0, 0.1) is 0 Å². The molecule has 4 aromatic carbocycles. The summed E-state index contributed by atoms with van der Waals surface area (Å²) < 4.78 is 0. The van der Waals surface area contributed by atoms with Gasteiger partial charge in [-0.3, -0.25) is 9.98 Å². The van der Waals surface area contributed by atoms with Crippen LogP contribution in [0.25, 0.3) is 0 Å². The van der Waals surface area contributed by atoms with Gasteiger partial charge < -0.3 is 9.80 Å². The summed E-state index contributed by atoms with van der Waals surface area (Å²) in [5.74, 6) is 2.16. The minimum atomic E-state index is 0.265. The van der Waals surface area contributed by atoms with Crippen LogP contribution in [0.3, 0.4) is 0 Å². The van der Waals surface area contributed by atoms with Crippen LogP contribution in [-0.4, -0.2) is 60.7 Å². The van der Waals surface area contributed by atoms with Crippen LogP contribution in [0.1, 0.15) is 22.3 Å². The summed E-state index contributed by atoms with van der Waals surface area (Å²) in [5, 5.41) is 0. The minimum absolute atomic E-state index is 0.265. The van der Waals surface area contributed by atoms with E-state index in [2.05, 4.69) is 133 Å². The van der Waals surface area contributed by atoms with E-state index in [1.807, 2.05) is 11.8 Å². The summed E-state index contributed by atoms with van der Waals surface area (Å²) in [6, 6.07) is 39.2. The van der Waals surface area contributed by atoms with Gasteiger partial charge in [-0.15, -0.1) is 0 Å². The van der Waals surface area contributed by atoms with Crippen LogP contribution in [-0.2, 0) is 12.8 Å². The second-order valence-corrected chi connectivity index (χ2v) is 11.5. The number of nitrogens with zero attached hydrogens (tertiary/aromatic N) is 4. The first-order valence-corrected chi connectivity index (χ1v) is 14.5. The van der Waals surface area contributed by atoms with E-state index in [1.54, 1.807) is 0 Å². The zero-order valence-electron chi connectivity index (χ0n) is 22.6. The highest BCUT2D eigenvalue weighted by Gasteiger charge is 2.27. The molecule has 39 heavy (non-hydrogen) atoms. The van der Waals surface area contributed by atoms with Gasteiger partial charge in [0.05, 0.1) is 12.1 Å². The highest BCUT2D eigenvalue weighted by Crippen LogP contribution is 2.35. The molecule has 2 aliphatic rings. The third kappa shape index (κ3) is 5.79. The summed E-state index contributed by atoms with van der Waals surface area (Å²) in [7, 11) is 4.32. The maximum Gasteiger partial charge on any atom is 0.132 e. The summed E-state index contributed by atoms with van der Waals surface area (Å²) in [6.07, 6.45) is 1.92. The Kier molecular flexibility index (Phi) is 7.51. The normalized spacial score (nSPS) is 18.8. The van der Waals surface area contributed by atoms with Gasteiger partial charge in [0.2, 0.25) is 0 Å². The molecule has 0 aliphatic carbocycles. The van der Waals surface area contributed by atoms with E-state index in [0.717, 1.165) is 37.6 Å². The van der Waals surface area contributed by atoms with Crippen molar-refractivity contribution in [1.82, 2.24) is 9.80 Å². The van der Waals surface area contributed by atoms with E-state index in [1.165, 1.54) is 32.0 Å². The lowest BCUT2D eigenvalue weighted by atomic mass is 10.1. The predicted molar refractivity (Wildman–Crippen MR) is 163 cm³/mol. The number of likely N-dealkylation sites (N-methyl/N-ethyl adjacent to an activating group) is 2. The van der Waals surface area contributed by atoms with E-state index < -0.39 is 0 Å². The Bertz CT molecular complexity index is 1370. The third-order valence-corrected chi connectivity index (χ3v) is 8.56. The Hall–Kier alpha value is -3.83. The molecule has 0 amide bonds. The van der Waals surface area contributed by atoms with Crippen LogP contribution in [0.15, 0.2) is 129 Å².